The van der Waals surface area contributed by atoms with Crippen LogP contribution in [0, 0.1) is 0 Å². The van der Waals surface area contributed by atoms with Gasteiger partial charge in [0.1, 0.15) is 0 Å². The van der Waals surface area contributed by atoms with E-state index in [9.17, 15) is 5.11 Å². The maximum Gasteiger partial charge on any atom is 0.160 e. The third-order valence-electron chi connectivity index (χ3n) is 3.98. The molecule has 0 amide bonds. The number of hydrogen-bond donors (Lipinski definition) is 1. The van der Waals surface area contributed by atoms with Gasteiger partial charge in [-0.1, -0.05) is 30.7 Å². The molecule has 2 aliphatic rings. The van der Waals surface area contributed by atoms with Gasteiger partial charge < -0.3 is 14.6 Å². The van der Waals surface area contributed by atoms with Crippen molar-refractivity contribution in [2.45, 2.75) is 44.0 Å². The molecule has 0 aromatic heterocycles. The van der Waals surface area contributed by atoms with Crippen LogP contribution in [-0.4, -0.2) is 24.6 Å². The maximum absolute atomic E-state index is 10.2. The first-order valence-corrected chi connectivity index (χ1v) is 6.84. The second-order valence-corrected chi connectivity index (χ2v) is 5.22. The Kier molecular flexibility index (Phi) is 3.64. The van der Waals surface area contributed by atoms with E-state index in [2.05, 4.69) is 12.1 Å². The van der Waals surface area contributed by atoms with Crippen molar-refractivity contribution in [1.82, 2.24) is 0 Å². The van der Waals surface area contributed by atoms with E-state index in [-0.39, 0.29) is 6.29 Å². The van der Waals surface area contributed by atoms with Crippen LogP contribution in [0.5, 0.6) is 0 Å². The molecule has 18 heavy (non-hydrogen) atoms. The summed E-state index contributed by atoms with van der Waals surface area (Å²) in [5.41, 5.74) is 2.35. The fraction of sp³-hybridized carbons (Fsp3) is 0.600. The Morgan fingerprint density at radius 3 is 2.67 bits per heavy atom. The zero-order valence-electron chi connectivity index (χ0n) is 10.5. The molecule has 3 nitrogen and oxygen atoms in total. The van der Waals surface area contributed by atoms with Crippen molar-refractivity contribution < 1.29 is 14.6 Å². The Hall–Kier alpha value is -0.900. The number of hydrogen-bond acceptors (Lipinski definition) is 3. The Labute approximate surface area is 108 Å². The SMILES string of the molecule is OC(CC1OCCO1)c1cccc(C2CCC2)c1. The van der Waals surface area contributed by atoms with Gasteiger partial charge in [0.25, 0.3) is 0 Å². The van der Waals surface area contributed by atoms with Crippen molar-refractivity contribution in [3.8, 4) is 0 Å². The zero-order valence-corrected chi connectivity index (χ0v) is 10.5. The van der Waals surface area contributed by atoms with Crippen LogP contribution in [0.25, 0.3) is 0 Å². The van der Waals surface area contributed by atoms with Crippen LogP contribution in [0.4, 0.5) is 0 Å². The van der Waals surface area contributed by atoms with E-state index in [1.165, 1.54) is 24.8 Å². The van der Waals surface area contributed by atoms with Crippen LogP contribution in [0.2, 0.25) is 0 Å². The van der Waals surface area contributed by atoms with Gasteiger partial charge in [-0.2, -0.15) is 0 Å². The van der Waals surface area contributed by atoms with Crippen molar-refractivity contribution >= 4 is 0 Å². The molecule has 1 aliphatic carbocycles. The van der Waals surface area contributed by atoms with E-state index in [1.54, 1.807) is 0 Å². The normalized spacial score (nSPS) is 22.9. The molecule has 1 atom stereocenters. The molecule has 3 rings (SSSR count). The van der Waals surface area contributed by atoms with E-state index >= 15 is 0 Å². The molecule has 1 saturated carbocycles. The van der Waals surface area contributed by atoms with Gasteiger partial charge in [-0.25, -0.2) is 0 Å². The van der Waals surface area contributed by atoms with Crippen LogP contribution in [0.3, 0.4) is 0 Å². The molecular formula is C15H20O3. The lowest BCUT2D eigenvalue weighted by Gasteiger charge is -2.26. The van der Waals surface area contributed by atoms with Crippen molar-refractivity contribution in [3.63, 3.8) is 0 Å². The number of aliphatic hydroxyl groups is 1. The molecule has 1 N–H and O–H groups in total. The lowest BCUT2D eigenvalue weighted by molar-refractivity contribution is -0.0707. The molecule has 0 spiro atoms. The third-order valence-corrected chi connectivity index (χ3v) is 3.98. The van der Waals surface area contributed by atoms with Gasteiger partial charge in [0, 0.05) is 6.42 Å². The van der Waals surface area contributed by atoms with Crippen molar-refractivity contribution in [2.24, 2.45) is 0 Å². The molecule has 1 aromatic carbocycles. The third kappa shape index (κ3) is 2.58. The van der Waals surface area contributed by atoms with E-state index in [4.69, 9.17) is 9.47 Å². The van der Waals surface area contributed by atoms with E-state index < -0.39 is 6.10 Å². The number of benzene rings is 1. The summed E-state index contributed by atoms with van der Waals surface area (Å²) in [6.45, 7) is 1.28. The van der Waals surface area contributed by atoms with Crippen LogP contribution in [0.15, 0.2) is 24.3 Å². The van der Waals surface area contributed by atoms with Gasteiger partial charge in [-0.15, -0.1) is 0 Å². The smallest absolute Gasteiger partial charge is 0.160 e. The second kappa shape index (κ2) is 5.39. The van der Waals surface area contributed by atoms with Crippen LogP contribution < -0.4 is 0 Å². The summed E-state index contributed by atoms with van der Waals surface area (Å²) >= 11 is 0. The molecule has 1 aromatic rings. The Bertz CT molecular complexity index is 394. The highest BCUT2D eigenvalue weighted by molar-refractivity contribution is 5.29. The van der Waals surface area contributed by atoms with Crippen LogP contribution in [0.1, 0.15) is 48.8 Å². The fourth-order valence-electron chi connectivity index (χ4n) is 2.62. The summed E-state index contributed by atoms with van der Waals surface area (Å²) in [6.07, 6.45) is 3.69. The number of aliphatic hydroxyl groups excluding tert-OH is 1. The van der Waals surface area contributed by atoms with Gasteiger partial charge >= 0.3 is 0 Å². The number of rotatable bonds is 4. The summed E-state index contributed by atoms with van der Waals surface area (Å²) in [4.78, 5) is 0. The lowest BCUT2D eigenvalue weighted by atomic mass is 9.79. The van der Waals surface area contributed by atoms with Gasteiger partial charge in [0.05, 0.1) is 19.3 Å². The van der Waals surface area contributed by atoms with Crippen molar-refractivity contribution in [3.05, 3.63) is 35.4 Å². The van der Waals surface area contributed by atoms with E-state index in [0.717, 1.165) is 5.56 Å². The first-order chi connectivity index (χ1) is 8.83. The highest BCUT2D eigenvalue weighted by atomic mass is 16.7. The minimum absolute atomic E-state index is 0.243. The Morgan fingerprint density at radius 1 is 1.22 bits per heavy atom. The van der Waals surface area contributed by atoms with E-state index in [0.29, 0.717) is 25.6 Å². The summed E-state index contributed by atoms with van der Waals surface area (Å²) in [5, 5.41) is 10.2. The van der Waals surface area contributed by atoms with Crippen LogP contribution >= 0.6 is 0 Å². The molecule has 0 bridgehead atoms. The topological polar surface area (TPSA) is 38.7 Å². The van der Waals surface area contributed by atoms with Gasteiger partial charge in [0.2, 0.25) is 0 Å². The highest BCUT2D eigenvalue weighted by Gasteiger charge is 2.23. The summed E-state index contributed by atoms with van der Waals surface area (Å²) in [5.74, 6) is 0.705. The zero-order chi connectivity index (χ0) is 12.4. The average molecular weight is 248 g/mol. The quantitative estimate of drug-likeness (QED) is 0.890. The Balaban J connectivity index is 1.66. The molecule has 1 unspecified atom stereocenters. The molecule has 1 saturated heterocycles. The highest BCUT2D eigenvalue weighted by Crippen LogP contribution is 2.37. The van der Waals surface area contributed by atoms with Crippen LogP contribution in [-0.2, 0) is 9.47 Å². The predicted molar refractivity (Wildman–Crippen MR) is 68.3 cm³/mol. The van der Waals surface area contributed by atoms with Crippen molar-refractivity contribution in [2.75, 3.05) is 13.2 Å². The largest absolute Gasteiger partial charge is 0.388 e. The van der Waals surface area contributed by atoms with Gasteiger partial charge in [-0.05, 0) is 29.9 Å². The minimum atomic E-state index is -0.492. The average Bonchev–Trinajstić information content (AvgIpc) is 2.80. The first-order valence-electron chi connectivity index (χ1n) is 6.84. The molecule has 1 aliphatic heterocycles. The molecule has 98 valence electrons. The van der Waals surface area contributed by atoms with Crippen molar-refractivity contribution in [1.29, 1.82) is 0 Å². The van der Waals surface area contributed by atoms with Gasteiger partial charge in [0.15, 0.2) is 6.29 Å². The monoisotopic (exact) mass is 248 g/mol. The molecule has 0 radical (unpaired) electrons. The lowest BCUT2D eigenvalue weighted by Crippen LogP contribution is -2.14. The molecular weight excluding hydrogens is 228 g/mol. The molecule has 3 heteroatoms. The van der Waals surface area contributed by atoms with Gasteiger partial charge in [-0.3, -0.25) is 0 Å². The predicted octanol–water partition coefficient (Wildman–Crippen LogP) is 2.75. The summed E-state index contributed by atoms with van der Waals surface area (Å²) in [7, 11) is 0. The first kappa shape index (κ1) is 12.2. The maximum atomic E-state index is 10.2. The summed E-state index contributed by atoms with van der Waals surface area (Å²) < 4.78 is 10.7. The fourth-order valence-corrected chi connectivity index (χ4v) is 2.62. The minimum Gasteiger partial charge on any atom is -0.388 e. The molecule has 2 fully saturated rings. The standard InChI is InChI=1S/C15H20O3/c16-14(10-15-17-7-8-18-15)13-6-2-5-12(9-13)11-3-1-4-11/h2,5-6,9,11,14-16H,1,3-4,7-8,10H2. The second-order valence-electron chi connectivity index (χ2n) is 5.22. The molecule has 1 heterocycles. The Morgan fingerprint density at radius 2 is 2.00 bits per heavy atom. The number of ether oxygens (including phenoxy) is 2. The summed E-state index contributed by atoms with van der Waals surface area (Å²) in [6, 6.07) is 8.34. The van der Waals surface area contributed by atoms with E-state index in [1.807, 2.05) is 12.1 Å².